The van der Waals surface area contributed by atoms with Crippen LogP contribution in [0.2, 0.25) is 0 Å². The Morgan fingerprint density at radius 1 is 1.40 bits per heavy atom. The molecule has 0 saturated carbocycles. The molecule has 0 aliphatic carbocycles. The average Bonchev–Trinajstić information content (AvgIpc) is 2.86. The van der Waals surface area contributed by atoms with Crippen LogP contribution in [0, 0.1) is 6.92 Å². The summed E-state index contributed by atoms with van der Waals surface area (Å²) in [5.74, 6) is 4.99. The van der Waals surface area contributed by atoms with Crippen LogP contribution in [0.5, 0.6) is 0 Å². The average molecular weight is 290 g/mol. The van der Waals surface area contributed by atoms with Gasteiger partial charge >= 0.3 is 0 Å². The molecule has 5 N–H and O–H groups in total. The number of amides is 2. The van der Waals surface area contributed by atoms with Gasteiger partial charge in [-0.25, -0.2) is 10.9 Å². The first-order valence-corrected chi connectivity index (χ1v) is 6.20. The van der Waals surface area contributed by atoms with E-state index >= 15 is 0 Å². The number of nitrogens with zero attached hydrogens (tertiary/aromatic N) is 1. The van der Waals surface area contributed by atoms with E-state index in [0.717, 1.165) is 21.0 Å². The Kier molecular flexibility index (Phi) is 3.82. The van der Waals surface area contributed by atoms with Crippen LogP contribution in [0.1, 0.15) is 15.9 Å². The monoisotopic (exact) mass is 290 g/mol. The van der Waals surface area contributed by atoms with Gasteiger partial charge in [0, 0.05) is 10.6 Å². The maximum absolute atomic E-state index is 11.4. The number of thiol groups is 1. The Morgan fingerprint density at radius 3 is 2.65 bits per heavy atom. The van der Waals surface area contributed by atoms with Crippen molar-refractivity contribution < 1.29 is 9.59 Å². The Bertz CT molecular complexity index is 681. The van der Waals surface area contributed by atoms with Crippen LogP contribution in [0.15, 0.2) is 29.2 Å². The third kappa shape index (κ3) is 2.54. The summed E-state index contributed by atoms with van der Waals surface area (Å²) >= 11 is 4.30. The van der Waals surface area contributed by atoms with Crippen molar-refractivity contribution in [1.82, 2.24) is 4.98 Å². The molecule has 0 bridgehead atoms. The molecular formula is C13H14N4O2S. The maximum Gasteiger partial charge on any atom is 0.252 e. The van der Waals surface area contributed by atoms with E-state index in [0.29, 0.717) is 12.1 Å². The van der Waals surface area contributed by atoms with Crippen molar-refractivity contribution in [2.75, 3.05) is 5.01 Å². The minimum atomic E-state index is -0.665. The number of nitrogens with one attached hydrogen (secondary N) is 1. The number of nitrogens with two attached hydrogens (primary N) is 2. The molecule has 2 rings (SSSR count). The molecule has 7 heteroatoms. The molecule has 0 fully saturated rings. The molecule has 0 atom stereocenters. The second-order valence-corrected chi connectivity index (χ2v) is 4.81. The summed E-state index contributed by atoms with van der Waals surface area (Å²) in [7, 11) is 0. The quantitative estimate of drug-likeness (QED) is 0.224. The summed E-state index contributed by atoms with van der Waals surface area (Å²) in [5, 5.41) is 0.781. The third-order valence-corrected chi connectivity index (χ3v) is 3.44. The van der Waals surface area contributed by atoms with Crippen molar-refractivity contribution in [3.63, 3.8) is 0 Å². The summed E-state index contributed by atoms with van der Waals surface area (Å²) < 4.78 is 0. The second-order valence-electron chi connectivity index (χ2n) is 4.32. The molecule has 0 spiro atoms. The number of carbonyl (C=O) groups is 2. The van der Waals surface area contributed by atoms with Gasteiger partial charge in [-0.3, -0.25) is 9.59 Å². The molecule has 104 valence electrons. The predicted octanol–water partition coefficient (Wildman–Crippen LogP) is 1.21. The molecule has 0 aliphatic rings. The standard InChI is InChI=1S/C13H14N4O2S/c1-7-4-8(2-3-11(7)20)10-5-9(12(14)19)13(16-10)17(15)6-18/h2-6,16,20H,15H2,1H3,(H2,14,19). The molecule has 6 nitrogen and oxygen atoms in total. The number of hydrogen-bond acceptors (Lipinski definition) is 4. The molecule has 20 heavy (non-hydrogen) atoms. The number of hydrogen-bond donors (Lipinski definition) is 4. The minimum Gasteiger partial charge on any atom is -0.365 e. The van der Waals surface area contributed by atoms with Crippen molar-refractivity contribution in [3.05, 3.63) is 35.4 Å². The summed E-state index contributed by atoms with van der Waals surface area (Å²) in [4.78, 5) is 25.9. The number of H-pyrrole nitrogens is 1. The van der Waals surface area contributed by atoms with E-state index < -0.39 is 5.91 Å². The third-order valence-electron chi connectivity index (χ3n) is 2.94. The van der Waals surface area contributed by atoms with Crippen LogP contribution in [0.25, 0.3) is 11.3 Å². The number of primary amides is 1. The lowest BCUT2D eigenvalue weighted by atomic mass is 10.1. The predicted molar refractivity (Wildman–Crippen MR) is 79.5 cm³/mol. The molecule has 0 unspecified atom stereocenters. The molecule has 1 heterocycles. The van der Waals surface area contributed by atoms with Gasteiger partial charge in [-0.15, -0.1) is 12.6 Å². The van der Waals surface area contributed by atoms with E-state index in [1.807, 2.05) is 25.1 Å². The van der Waals surface area contributed by atoms with Gasteiger partial charge in [-0.2, -0.15) is 0 Å². The van der Waals surface area contributed by atoms with E-state index in [2.05, 4.69) is 17.6 Å². The summed E-state index contributed by atoms with van der Waals surface area (Å²) in [6.07, 6.45) is 0.393. The highest BCUT2D eigenvalue weighted by atomic mass is 32.1. The molecule has 1 aromatic carbocycles. The Hall–Kier alpha value is -2.25. The van der Waals surface area contributed by atoms with Crippen LogP contribution in [-0.4, -0.2) is 17.3 Å². The van der Waals surface area contributed by atoms with Crippen LogP contribution in [0.3, 0.4) is 0 Å². The highest BCUT2D eigenvalue weighted by Crippen LogP contribution is 2.28. The highest BCUT2D eigenvalue weighted by molar-refractivity contribution is 7.80. The van der Waals surface area contributed by atoms with Crippen LogP contribution in [-0.2, 0) is 4.79 Å². The number of carbonyl (C=O) groups excluding carboxylic acids is 2. The van der Waals surface area contributed by atoms with Crippen LogP contribution in [0.4, 0.5) is 5.82 Å². The zero-order valence-electron chi connectivity index (χ0n) is 10.8. The van der Waals surface area contributed by atoms with Crippen molar-refractivity contribution >= 4 is 30.8 Å². The molecule has 0 radical (unpaired) electrons. The van der Waals surface area contributed by atoms with Gasteiger partial charge in [0.05, 0.1) is 5.56 Å². The lowest BCUT2D eigenvalue weighted by Gasteiger charge is -2.09. The van der Waals surface area contributed by atoms with Gasteiger partial charge in [0.25, 0.3) is 5.91 Å². The molecule has 0 aliphatic heterocycles. The first-order chi connectivity index (χ1) is 9.43. The Balaban J connectivity index is 2.55. The van der Waals surface area contributed by atoms with Crippen molar-refractivity contribution in [1.29, 1.82) is 0 Å². The van der Waals surface area contributed by atoms with E-state index in [1.54, 1.807) is 6.07 Å². The lowest BCUT2D eigenvalue weighted by molar-refractivity contribution is -0.107. The number of hydrazine groups is 1. The van der Waals surface area contributed by atoms with Gasteiger partial charge in [-0.05, 0) is 36.2 Å². The number of aromatic amines is 1. The summed E-state index contributed by atoms with van der Waals surface area (Å²) in [5.41, 5.74) is 7.91. The molecule has 1 aromatic heterocycles. The normalized spacial score (nSPS) is 10.3. The van der Waals surface area contributed by atoms with Crippen LogP contribution < -0.4 is 16.6 Å². The zero-order valence-corrected chi connectivity index (χ0v) is 11.6. The van der Waals surface area contributed by atoms with E-state index in [9.17, 15) is 9.59 Å². The molecule has 2 aromatic rings. The fraction of sp³-hybridized carbons (Fsp3) is 0.0769. The van der Waals surface area contributed by atoms with E-state index in [-0.39, 0.29) is 11.4 Å². The zero-order chi connectivity index (χ0) is 14.9. The molecule has 0 saturated heterocycles. The van der Waals surface area contributed by atoms with Gasteiger partial charge in [0.15, 0.2) is 0 Å². The number of rotatable bonds is 4. The van der Waals surface area contributed by atoms with Crippen molar-refractivity contribution in [3.8, 4) is 11.3 Å². The maximum atomic E-state index is 11.4. The van der Waals surface area contributed by atoms with Crippen LogP contribution >= 0.6 is 12.6 Å². The van der Waals surface area contributed by atoms with Crippen molar-refractivity contribution in [2.24, 2.45) is 11.6 Å². The Labute approximate surface area is 121 Å². The van der Waals surface area contributed by atoms with Gasteiger partial charge < -0.3 is 10.7 Å². The number of aromatic nitrogens is 1. The SMILES string of the molecule is Cc1cc(-c2cc(C(N)=O)c(N(N)C=O)[nH]2)ccc1S. The molecule has 2 amide bonds. The minimum absolute atomic E-state index is 0.155. The van der Waals surface area contributed by atoms with Gasteiger partial charge in [0.1, 0.15) is 5.82 Å². The number of anilines is 1. The van der Waals surface area contributed by atoms with E-state index in [1.165, 1.54) is 0 Å². The van der Waals surface area contributed by atoms with Crippen molar-refractivity contribution in [2.45, 2.75) is 11.8 Å². The second kappa shape index (κ2) is 5.40. The Morgan fingerprint density at radius 2 is 2.10 bits per heavy atom. The number of benzene rings is 1. The highest BCUT2D eigenvalue weighted by Gasteiger charge is 2.17. The topological polar surface area (TPSA) is 105 Å². The van der Waals surface area contributed by atoms with Gasteiger partial charge in [-0.1, -0.05) is 6.07 Å². The fourth-order valence-electron chi connectivity index (χ4n) is 1.87. The summed E-state index contributed by atoms with van der Waals surface area (Å²) in [6.45, 7) is 1.92. The number of aryl methyl sites for hydroxylation is 1. The fourth-order valence-corrected chi connectivity index (χ4v) is 2.01. The largest absolute Gasteiger partial charge is 0.365 e. The lowest BCUT2D eigenvalue weighted by Crippen LogP contribution is -2.31. The smallest absolute Gasteiger partial charge is 0.252 e. The molecular weight excluding hydrogens is 276 g/mol. The van der Waals surface area contributed by atoms with E-state index in [4.69, 9.17) is 11.6 Å². The van der Waals surface area contributed by atoms with Gasteiger partial charge in [0.2, 0.25) is 6.41 Å². The first kappa shape index (κ1) is 14.2. The first-order valence-electron chi connectivity index (χ1n) is 5.76. The summed E-state index contributed by atoms with van der Waals surface area (Å²) in [6, 6.07) is 7.16.